The summed E-state index contributed by atoms with van der Waals surface area (Å²) in [4.78, 5) is 27.1. The normalized spacial score (nSPS) is 14.9. The number of carbonyl (C=O) groups is 2. The van der Waals surface area contributed by atoms with Crippen LogP contribution in [0.5, 0.6) is 5.75 Å². The molecule has 4 nitrogen and oxygen atoms in total. The van der Waals surface area contributed by atoms with E-state index in [0.717, 1.165) is 32.9 Å². The van der Waals surface area contributed by atoms with Crippen LogP contribution in [0.3, 0.4) is 0 Å². The maximum Gasteiger partial charge on any atom is 0.293 e. The summed E-state index contributed by atoms with van der Waals surface area (Å²) in [7, 11) is 0. The quantitative estimate of drug-likeness (QED) is 0.287. The van der Waals surface area contributed by atoms with Gasteiger partial charge in [-0.15, -0.1) is 0 Å². The standard InChI is InChI=1S/C25H18BrCl2NO3S/c1-15-2-4-16(5-3-15)13-29-24(30)23(33-25(29)31)11-18-10-19(26)7-9-22(18)32-14-17-6-8-20(27)12-21(17)28/h2-12H,13-14H2,1H3/b23-11-. The van der Waals surface area contributed by atoms with Crippen molar-refractivity contribution in [1.82, 2.24) is 4.90 Å². The highest BCUT2D eigenvalue weighted by Crippen LogP contribution is 2.36. The van der Waals surface area contributed by atoms with E-state index in [2.05, 4.69) is 15.9 Å². The Morgan fingerprint density at radius 1 is 1.03 bits per heavy atom. The summed E-state index contributed by atoms with van der Waals surface area (Å²) in [6, 6.07) is 18.5. The molecule has 1 heterocycles. The number of benzene rings is 3. The maximum atomic E-state index is 13.0. The van der Waals surface area contributed by atoms with Crippen molar-refractivity contribution < 1.29 is 14.3 Å². The van der Waals surface area contributed by atoms with Crippen molar-refractivity contribution in [3.05, 3.63) is 102 Å². The van der Waals surface area contributed by atoms with Gasteiger partial charge in [-0.1, -0.05) is 75.0 Å². The van der Waals surface area contributed by atoms with Crippen molar-refractivity contribution in [2.75, 3.05) is 0 Å². The first-order valence-electron chi connectivity index (χ1n) is 9.97. The molecule has 3 aromatic carbocycles. The minimum Gasteiger partial charge on any atom is -0.488 e. The average Bonchev–Trinajstić information content (AvgIpc) is 3.03. The van der Waals surface area contributed by atoms with Crippen LogP contribution in [0.15, 0.2) is 70.0 Å². The monoisotopic (exact) mass is 561 g/mol. The number of amides is 2. The summed E-state index contributed by atoms with van der Waals surface area (Å²) < 4.78 is 6.82. The first-order valence-corrected chi connectivity index (χ1v) is 12.3. The lowest BCUT2D eigenvalue weighted by atomic mass is 10.1. The lowest BCUT2D eigenvalue weighted by molar-refractivity contribution is -0.123. The van der Waals surface area contributed by atoms with Crippen LogP contribution in [0.1, 0.15) is 22.3 Å². The fourth-order valence-corrected chi connectivity index (χ4v) is 4.88. The first-order chi connectivity index (χ1) is 15.8. The third kappa shape index (κ3) is 5.82. The number of aryl methyl sites for hydroxylation is 1. The van der Waals surface area contributed by atoms with Gasteiger partial charge in [0.25, 0.3) is 11.1 Å². The Kier molecular flexibility index (Phi) is 7.49. The molecule has 1 saturated heterocycles. The summed E-state index contributed by atoms with van der Waals surface area (Å²) in [5.74, 6) is 0.242. The molecule has 0 aliphatic carbocycles. The van der Waals surface area contributed by atoms with Gasteiger partial charge >= 0.3 is 0 Å². The Hall–Kier alpha value is -2.25. The van der Waals surface area contributed by atoms with E-state index in [4.69, 9.17) is 27.9 Å². The highest BCUT2D eigenvalue weighted by molar-refractivity contribution is 9.10. The van der Waals surface area contributed by atoms with Gasteiger partial charge in [-0.2, -0.15) is 0 Å². The topological polar surface area (TPSA) is 46.6 Å². The number of hydrogen-bond donors (Lipinski definition) is 0. The number of thioether (sulfide) groups is 1. The molecule has 2 amide bonds. The molecule has 0 saturated carbocycles. The van der Waals surface area contributed by atoms with Crippen LogP contribution in [0.25, 0.3) is 6.08 Å². The molecule has 0 N–H and O–H groups in total. The van der Waals surface area contributed by atoms with E-state index in [1.807, 2.05) is 43.3 Å². The average molecular weight is 563 g/mol. The summed E-state index contributed by atoms with van der Waals surface area (Å²) in [6.07, 6.45) is 1.68. The number of ether oxygens (including phenoxy) is 1. The van der Waals surface area contributed by atoms with Gasteiger partial charge in [-0.25, -0.2) is 0 Å². The maximum absolute atomic E-state index is 13.0. The second kappa shape index (κ2) is 10.3. The minimum atomic E-state index is -0.322. The molecule has 1 aliphatic heterocycles. The van der Waals surface area contributed by atoms with Crippen molar-refractivity contribution >= 4 is 68.1 Å². The van der Waals surface area contributed by atoms with Gasteiger partial charge in [0.05, 0.1) is 11.4 Å². The Balaban J connectivity index is 1.55. The Morgan fingerprint density at radius 2 is 1.79 bits per heavy atom. The molecule has 0 atom stereocenters. The zero-order chi connectivity index (χ0) is 23.5. The second-order valence-corrected chi connectivity index (χ2v) is 10.2. The smallest absolute Gasteiger partial charge is 0.293 e. The van der Waals surface area contributed by atoms with E-state index in [0.29, 0.717) is 26.3 Å². The molecule has 0 bridgehead atoms. The van der Waals surface area contributed by atoms with Crippen LogP contribution >= 0.6 is 50.9 Å². The van der Waals surface area contributed by atoms with Crippen LogP contribution < -0.4 is 4.74 Å². The molecule has 0 radical (unpaired) electrons. The van der Waals surface area contributed by atoms with E-state index in [1.165, 1.54) is 4.90 Å². The largest absolute Gasteiger partial charge is 0.488 e. The number of halogens is 3. The summed E-state index contributed by atoms with van der Waals surface area (Å²) in [6.45, 7) is 2.46. The van der Waals surface area contributed by atoms with Crippen LogP contribution in [-0.4, -0.2) is 16.0 Å². The van der Waals surface area contributed by atoms with Gasteiger partial charge in [0.15, 0.2) is 0 Å². The van der Waals surface area contributed by atoms with Gasteiger partial charge in [-0.05, 0) is 60.7 Å². The molecule has 4 rings (SSSR count). The number of nitrogens with zero attached hydrogens (tertiary/aromatic N) is 1. The molecular formula is C25H18BrCl2NO3S. The SMILES string of the molecule is Cc1ccc(CN2C(=O)S/C(=C\c3cc(Br)ccc3OCc3ccc(Cl)cc3Cl)C2=O)cc1. The molecule has 0 aromatic heterocycles. The van der Waals surface area contributed by atoms with Gasteiger partial charge in [0.1, 0.15) is 12.4 Å². The van der Waals surface area contributed by atoms with Crippen LogP contribution in [0.4, 0.5) is 4.79 Å². The fraction of sp³-hybridized carbons (Fsp3) is 0.120. The lowest BCUT2D eigenvalue weighted by Crippen LogP contribution is -2.27. The molecular weight excluding hydrogens is 545 g/mol. The first kappa shape index (κ1) is 23.9. The van der Waals surface area contributed by atoms with Gasteiger partial charge in [0.2, 0.25) is 0 Å². The van der Waals surface area contributed by atoms with Crippen molar-refractivity contribution in [2.45, 2.75) is 20.1 Å². The molecule has 0 unspecified atom stereocenters. The molecule has 33 heavy (non-hydrogen) atoms. The fourth-order valence-electron chi connectivity index (χ4n) is 3.21. The predicted octanol–water partition coefficient (Wildman–Crippen LogP) is 7.88. The Labute approximate surface area is 214 Å². The van der Waals surface area contributed by atoms with Gasteiger partial charge < -0.3 is 4.74 Å². The van der Waals surface area contributed by atoms with Gasteiger partial charge in [0, 0.05) is 25.6 Å². The third-order valence-corrected chi connectivity index (χ3v) is 6.98. The summed E-state index contributed by atoms with van der Waals surface area (Å²) in [5, 5.41) is 0.769. The number of hydrogen-bond acceptors (Lipinski definition) is 4. The van der Waals surface area contributed by atoms with Crippen molar-refractivity contribution in [2.24, 2.45) is 0 Å². The molecule has 8 heteroatoms. The molecule has 168 valence electrons. The zero-order valence-corrected chi connectivity index (χ0v) is 21.4. The molecule has 1 fully saturated rings. The summed E-state index contributed by atoms with van der Waals surface area (Å²) in [5.41, 5.74) is 3.48. The van der Waals surface area contributed by atoms with E-state index in [-0.39, 0.29) is 24.3 Å². The van der Waals surface area contributed by atoms with Crippen molar-refractivity contribution in [3.8, 4) is 5.75 Å². The van der Waals surface area contributed by atoms with Crippen molar-refractivity contribution in [3.63, 3.8) is 0 Å². The van der Waals surface area contributed by atoms with E-state index >= 15 is 0 Å². The summed E-state index contributed by atoms with van der Waals surface area (Å²) >= 11 is 16.6. The number of imide groups is 1. The highest BCUT2D eigenvalue weighted by Gasteiger charge is 2.35. The number of rotatable bonds is 6. The minimum absolute atomic E-state index is 0.230. The molecule has 0 spiro atoms. The third-order valence-electron chi connectivity index (χ3n) is 4.99. The predicted molar refractivity (Wildman–Crippen MR) is 138 cm³/mol. The van der Waals surface area contributed by atoms with E-state index in [9.17, 15) is 9.59 Å². The molecule has 3 aromatic rings. The second-order valence-electron chi connectivity index (χ2n) is 7.46. The molecule has 1 aliphatic rings. The Bertz CT molecular complexity index is 1260. The lowest BCUT2D eigenvalue weighted by Gasteiger charge is -2.13. The van der Waals surface area contributed by atoms with Crippen LogP contribution in [0, 0.1) is 6.92 Å². The van der Waals surface area contributed by atoms with Crippen LogP contribution in [-0.2, 0) is 17.9 Å². The van der Waals surface area contributed by atoms with Crippen LogP contribution in [0.2, 0.25) is 10.0 Å². The zero-order valence-electron chi connectivity index (χ0n) is 17.5. The van der Waals surface area contributed by atoms with E-state index in [1.54, 1.807) is 30.3 Å². The van der Waals surface area contributed by atoms with Gasteiger partial charge in [-0.3, -0.25) is 14.5 Å². The Morgan fingerprint density at radius 3 is 2.52 bits per heavy atom. The van der Waals surface area contributed by atoms with E-state index < -0.39 is 0 Å². The van der Waals surface area contributed by atoms with Crippen molar-refractivity contribution in [1.29, 1.82) is 0 Å². The number of carbonyl (C=O) groups excluding carboxylic acids is 2. The highest BCUT2D eigenvalue weighted by atomic mass is 79.9.